The molecule has 2 saturated heterocycles. The first-order chi connectivity index (χ1) is 12.6. The largest absolute Gasteiger partial charge is 0.383 e. The van der Waals surface area contributed by atoms with Crippen LogP contribution in [0.25, 0.3) is 0 Å². The summed E-state index contributed by atoms with van der Waals surface area (Å²) in [6, 6.07) is 0.721. The van der Waals surface area contributed by atoms with E-state index in [4.69, 9.17) is 4.74 Å². The van der Waals surface area contributed by atoms with Gasteiger partial charge in [0.1, 0.15) is 0 Å². The smallest absolute Gasteiger partial charge is 0.317 e. The lowest BCUT2D eigenvalue weighted by atomic mass is 10.0. The normalized spacial score (nSPS) is 19.3. The number of hydrogen-bond acceptors (Lipinski definition) is 4. The molecule has 3 rings (SSSR count). The van der Waals surface area contributed by atoms with Crippen molar-refractivity contribution in [1.29, 1.82) is 0 Å². The van der Waals surface area contributed by atoms with Crippen LogP contribution in [0.5, 0.6) is 0 Å². The van der Waals surface area contributed by atoms with Gasteiger partial charge in [-0.1, -0.05) is 0 Å². The number of nitrogens with zero attached hydrogens (tertiary/aromatic N) is 4. The van der Waals surface area contributed by atoms with Crippen molar-refractivity contribution in [3.8, 4) is 0 Å². The minimum atomic E-state index is 0.0494. The molecule has 0 radical (unpaired) electrons. The predicted octanol–water partition coefficient (Wildman–Crippen LogP) is 1.92. The van der Waals surface area contributed by atoms with Gasteiger partial charge in [0.15, 0.2) is 0 Å². The van der Waals surface area contributed by atoms with Crippen LogP contribution in [0.3, 0.4) is 0 Å². The second kappa shape index (κ2) is 8.86. The Balaban J connectivity index is 1.48. The molecular formula is C19H33N5O2. The van der Waals surface area contributed by atoms with Crippen LogP contribution in [0, 0.1) is 13.8 Å². The van der Waals surface area contributed by atoms with Gasteiger partial charge < -0.3 is 19.9 Å². The van der Waals surface area contributed by atoms with E-state index in [0.717, 1.165) is 49.4 Å². The summed E-state index contributed by atoms with van der Waals surface area (Å²) in [6.07, 6.45) is 4.86. The number of rotatable bonds is 6. The Labute approximate surface area is 156 Å². The fraction of sp³-hybridized carbons (Fsp3) is 0.789. The van der Waals surface area contributed by atoms with E-state index < -0.39 is 0 Å². The van der Waals surface area contributed by atoms with Crippen LogP contribution in [0.2, 0.25) is 0 Å². The van der Waals surface area contributed by atoms with Crippen LogP contribution in [-0.4, -0.2) is 71.5 Å². The number of carbonyl (C=O) groups excluding carboxylic acids is 1. The van der Waals surface area contributed by atoms with E-state index in [2.05, 4.69) is 22.2 Å². The standard InChI is InChI=1S/C19H33N5O2/c1-15-18(16(2)24(21-15)12-13-26-3)14-20-19(25)23-10-6-17(7-11-23)22-8-4-5-9-22/h17H,4-14H2,1-3H3,(H,20,25). The molecule has 0 unspecified atom stereocenters. The van der Waals surface area contributed by atoms with Crippen LogP contribution >= 0.6 is 0 Å². The molecule has 0 saturated carbocycles. The zero-order valence-electron chi connectivity index (χ0n) is 16.5. The van der Waals surface area contributed by atoms with Crippen molar-refractivity contribution in [3.05, 3.63) is 17.0 Å². The highest BCUT2D eigenvalue weighted by Gasteiger charge is 2.28. The maximum Gasteiger partial charge on any atom is 0.317 e. The molecular weight excluding hydrogens is 330 g/mol. The van der Waals surface area contributed by atoms with Crippen LogP contribution in [0.1, 0.15) is 42.6 Å². The Morgan fingerprint density at radius 2 is 1.88 bits per heavy atom. The molecule has 2 amide bonds. The molecule has 26 heavy (non-hydrogen) atoms. The van der Waals surface area contributed by atoms with Crippen LogP contribution in [0.4, 0.5) is 4.79 Å². The third-order valence-corrected chi connectivity index (χ3v) is 5.86. The predicted molar refractivity (Wildman–Crippen MR) is 101 cm³/mol. The number of piperidine rings is 1. The molecule has 3 heterocycles. The highest BCUT2D eigenvalue weighted by atomic mass is 16.5. The number of aromatic nitrogens is 2. The molecule has 0 bridgehead atoms. The van der Waals surface area contributed by atoms with Gasteiger partial charge in [0.25, 0.3) is 0 Å². The molecule has 7 heteroatoms. The summed E-state index contributed by atoms with van der Waals surface area (Å²) in [5.41, 5.74) is 3.20. The highest BCUT2D eigenvalue weighted by molar-refractivity contribution is 5.74. The Morgan fingerprint density at radius 3 is 2.54 bits per heavy atom. The van der Waals surface area contributed by atoms with Crippen LogP contribution in [-0.2, 0) is 17.8 Å². The third-order valence-electron chi connectivity index (χ3n) is 5.86. The average molecular weight is 364 g/mol. The average Bonchev–Trinajstić information content (AvgIpc) is 3.27. The molecule has 2 fully saturated rings. The van der Waals surface area contributed by atoms with Gasteiger partial charge in [-0.25, -0.2) is 4.79 Å². The lowest BCUT2D eigenvalue weighted by Gasteiger charge is -2.36. The molecule has 0 spiro atoms. The lowest BCUT2D eigenvalue weighted by Crippen LogP contribution is -2.48. The van der Waals surface area contributed by atoms with Gasteiger partial charge in [-0.2, -0.15) is 5.10 Å². The molecule has 2 aliphatic heterocycles. The van der Waals surface area contributed by atoms with Crippen LogP contribution < -0.4 is 5.32 Å². The lowest BCUT2D eigenvalue weighted by molar-refractivity contribution is 0.134. The van der Waals surface area contributed by atoms with Crippen molar-refractivity contribution in [3.63, 3.8) is 0 Å². The maximum absolute atomic E-state index is 12.6. The minimum Gasteiger partial charge on any atom is -0.383 e. The summed E-state index contributed by atoms with van der Waals surface area (Å²) < 4.78 is 7.09. The van der Waals surface area contributed by atoms with Gasteiger partial charge >= 0.3 is 6.03 Å². The highest BCUT2D eigenvalue weighted by Crippen LogP contribution is 2.21. The van der Waals surface area contributed by atoms with Crippen molar-refractivity contribution in [2.45, 2.75) is 58.7 Å². The third kappa shape index (κ3) is 4.38. The zero-order chi connectivity index (χ0) is 18.5. The molecule has 146 valence electrons. The molecule has 7 nitrogen and oxygen atoms in total. The Bertz CT molecular complexity index is 601. The van der Waals surface area contributed by atoms with E-state index in [1.165, 1.54) is 25.9 Å². The van der Waals surface area contributed by atoms with Crippen molar-refractivity contribution in [1.82, 2.24) is 24.9 Å². The number of aryl methyl sites for hydroxylation is 1. The topological polar surface area (TPSA) is 62.6 Å². The summed E-state index contributed by atoms with van der Waals surface area (Å²) in [5, 5.41) is 7.65. The van der Waals surface area contributed by atoms with Gasteiger partial charge in [0, 0.05) is 44.0 Å². The Morgan fingerprint density at radius 1 is 1.19 bits per heavy atom. The number of carbonyl (C=O) groups is 1. The second-order valence-electron chi connectivity index (χ2n) is 7.49. The zero-order valence-corrected chi connectivity index (χ0v) is 16.5. The monoisotopic (exact) mass is 363 g/mol. The van der Waals surface area contributed by atoms with Gasteiger partial charge in [-0.3, -0.25) is 4.68 Å². The fourth-order valence-electron chi connectivity index (χ4n) is 4.20. The van der Waals surface area contributed by atoms with E-state index in [0.29, 0.717) is 19.2 Å². The maximum atomic E-state index is 12.6. The summed E-state index contributed by atoms with van der Waals surface area (Å²) >= 11 is 0. The first-order valence-electron chi connectivity index (χ1n) is 9.88. The van der Waals surface area contributed by atoms with Crippen molar-refractivity contribution in [2.24, 2.45) is 0 Å². The molecule has 0 aromatic carbocycles. The number of ether oxygens (including phenoxy) is 1. The number of amides is 2. The number of hydrogen-bond donors (Lipinski definition) is 1. The van der Waals surface area contributed by atoms with Crippen molar-refractivity contribution < 1.29 is 9.53 Å². The van der Waals surface area contributed by atoms with Crippen LogP contribution in [0.15, 0.2) is 0 Å². The summed E-state index contributed by atoms with van der Waals surface area (Å²) in [7, 11) is 1.69. The summed E-state index contributed by atoms with van der Waals surface area (Å²) in [4.78, 5) is 17.1. The number of methoxy groups -OCH3 is 1. The van der Waals surface area contributed by atoms with Gasteiger partial charge in [0.2, 0.25) is 0 Å². The number of urea groups is 1. The van der Waals surface area contributed by atoms with Crippen molar-refractivity contribution >= 4 is 6.03 Å². The molecule has 1 aromatic rings. The number of nitrogens with one attached hydrogen (secondary N) is 1. The number of likely N-dealkylation sites (tertiary alicyclic amines) is 2. The van der Waals surface area contributed by atoms with Gasteiger partial charge in [-0.15, -0.1) is 0 Å². The van der Waals surface area contributed by atoms with E-state index in [9.17, 15) is 4.79 Å². The molecule has 1 N–H and O–H groups in total. The first kappa shape index (κ1) is 19.2. The molecule has 2 aliphatic rings. The summed E-state index contributed by atoms with van der Waals surface area (Å²) in [6.45, 7) is 10.2. The van der Waals surface area contributed by atoms with E-state index >= 15 is 0 Å². The fourth-order valence-corrected chi connectivity index (χ4v) is 4.20. The van der Waals surface area contributed by atoms with Crippen molar-refractivity contribution in [2.75, 3.05) is 39.9 Å². The SMILES string of the molecule is COCCn1nc(C)c(CNC(=O)N2CCC(N3CCCC3)CC2)c1C. The minimum absolute atomic E-state index is 0.0494. The van der Waals surface area contributed by atoms with Gasteiger partial charge in [-0.05, 0) is 52.6 Å². The quantitative estimate of drug-likeness (QED) is 0.839. The molecule has 0 aliphatic carbocycles. The first-order valence-corrected chi connectivity index (χ1v) is 9.88. The van der Waals surface area contributed by atoms with E-state index in [1.54, 1.807) is 7.11 Å². The molecule has 1 aromatic heterocycles. The van der Waals surface area contributed by atoms with E-state index in [-0.39, 0.29) is 6.03 Å². The molecule has 0 atom stereocenters. The Kier molecular flexibility index (Phi) is 6.53. The second-order valence-corrected chi connectivity index (χ2v) is 7.49. The Hall–Kier alpha value is -1.60. The van der Waals surface area contributed by atoms with E-state index in [1.807, 2.05) is 16.5 Å². The van der Waals surface area contributed by atoms with Gasteiger partial charge in [0.05, 0.1) is 18.8 Å². The summed E-state index contributed by atoms with van der Waals surface area (Å²) in [5.74, 6) is 0.